The van der Waals surface area contributed by atoms with Gasteiger partial charge in [0.05, 0.1) is 11.4 Å². The second-order valence-electron chi connectivity index (χ2n) is 4.47. The normalized spacial score (nSPS) is 12.4. The maximum absolute atomic E-state index is 5.98. The molecule has 1 heterocycles. The largest absolute Gasteiger partial charge is 0.397 e. The first-order chi connectivity index (χ1) is 8.15. The third-order valence-corrected chi connectivity index (χ3v) is 3.46. The highest BCUT2D eigenvalue weighted by atomic mass is 32.1. The summed E-state index contributed by atoms with van der Waals surface area (Å²) in [6.45, 7) is 4.23. The van der Waals surface area contributed by atoms with Gasteiger partial charge in [0.25, 0.3) is 0 Å². The van der Waals surface area contributed by atoms with Gasteiger partial charge in [0.1, 0.15) is 0 Å². The first-order valence-electron chi connectivity index (χ1n) is 5.79. The third kappa shape index (κ3) is 3.24. The van der Waals surface area contributed by atoms with Crippen molar-refractivity contribution < 1.29 is 0 Å². The number of rotatable bonds is 4. The summed E-state index contributed by atoms with van der Waals surface area (Å²) in [5.41, 5.74) is 10.4. The van der Waals surface area contributed by atoms with E-state index in [0.717, 1.165) is 17.8 Å². The molecule has 0 aliphatic heterocycles. The number of nitrogen functional groups attached to an aromatic ring is 1. The summed E-state index contributed by atoms with van der Waals surface area (Å²) in [5, 5.41) is 7.76. The molecule has 0 aliphatic carbocycles. The van der Waals surface area contributed by atoms with E-state index in [1.165, 1.54) is 11.1 Å². The van der Waals surface area contributed by atoms with Crippen LogP contribution in [0.4, 0.5) is 11.4 Å². The molecule has 0 fully saturated rings. The minimum Gasteiger partial charge on any atom is -0.397 e. The zero-order valence-corrected chi connectivity index (χ0v) is 11.1. The monoisotopic (exact) mass is 246 g/mol. The highest BCUT2D eigenvalue weighted by molar-refractivity contribution is 7.07. The summed E-state index contributed by atoms with van der Waals surface area (Å²) < 4.78 is 0. The second kappa shape index (κ2) is 5.23. The van der Waals surface area contributed by atoms with Crippen molar-refractivity contribution in [1.82, 2.24) is 0 Å². The van der Waals surface area contributed by atoms with Crippen LogP contribution in [0.15, 0.2) is 35.0 Å². The van der Waals surface area contributed by atoms with E-state index in [0.29, 0.717) is 6.04 Å². The molecule has 2 aromatic rings. The lowest BCUT2D eigenvalue weighted by Crippen LogP contribution is -2.18. The summed E-state index contributed by atoms with van der Waals surface area (Å²) in [6, 6.07) is 8.68. The van der Waals surface area contributed by atoms with Gasteiger partial charge in [-0.1, -0.05) is 6.07 Å². The van der Waals surface area contributed by atoms with Crippen LogP contribution >= 0.6 is 11.3 Å². The molecule has 1 unspecified atom stereocenters. The second-order valence-corrected chi connectivity index (χ2v) is 5.25. The molecule has 1 aromatic heterocycles. The molecule has 2 nitrogen and oxygen atoms in total. The smallest absolute Gasteiger partial charge is 0.0576 e. The third-order valence-electron chi connectivity index (χ3n) is 2.73. The van der Waals surface area contributed by atoms with Gasteiger partial charge in [0, 0.05) is 6.04 Å². The molecule has 1 aromatic carbocycles. The number of anilines is 2. The number of hydrogen-bond acceptors (Lipinski definition) is 3. The maximum atomic E-state index is 5.98. The molecular weight excluding hydrogens is 228 g/mol. The predicted molar refractivity (Wildman–Crippen MR) is 76.7 cm³/mol. The van der Waals surface area contributed by atoms with Crippen molar-refractivity contribution >= 4 is 22.7 Å². The van der Waals surface area contributed by atoms with E-state index in [4.69, 9.17) is 5.73 Å². The average molecular weight is 246 g/mol. The molecular formula is C14H18N2S. The lowest BCUT2D eigenvalue weighted by atomic mass is 10.1. The summed E-state index contributed by atoms with van der Waals surface area (Å²) in [7, 11) is 0. The molecule has 0 saturated carbocycles. The van der Waals surface area contributed by atoms with Crippen LogP contribution in [0.1, 0.15) is 18.1 Å². The fourth-order valence-electron chi connectivity index (χ4n) is 1.89. The minimum atomic E-state index is 0.384. The average Bonchev–Trinajstić information content (AvgIpc) is 2.75. The Kier molecular flexibility index (Phi) is 3.69. The fraction of sp³-hybridized carbons (Fsp3) is 0.286. The molecule has 17 heavy (non-hydrogen) atoms. The van der Waals surface area contributed by atoms with E-state index in [9.17, 15) is 0 Å². The zero-order valence-electron chi connectivity index (χ0n) is 10.2. The Morgan fingerprint density at radius 2 is 2.18 bits per heavy atom. The molecule has 3 N–H and O–H groups in total. The van der Waals surface area contributed by atoms with E-state index in [2.05, 4.69) is 48.1 Å². The van der Waals surface area contributed by atoms with Gasteiger partial charge < -0.3 is 11.1 Å². The Bertz CT molecular complexity index is 477. The number of hydrogen-bond donors (Lipinski definition) is 2. The van der Waals surface area contributed by atoms with Gasteiger partial charge >= 0.3 is 0 Å². The van der Waals surface area contributed by atoms with Gasteiger partial charge in [0.15, 0.2) is 0 Å². The Labute approximate surface area is 106 Å². The Morgan fingerprint density at radius 1 is 1.35 bits per heavy atom. The Morgan fingerprint density at radius 3 is 2.82 bits per heavy atom. The standard InChI is InChI=1S/C14H18N2S/c1-10-3-4-14(13(15)7-10)16-11(2)8-12-5-6-17-9-12/h3-7,9,11,16H,8,15H2,1-2H3. The van der Waals surface area contributed by atoms with Crippen LogP contribution in [0.25, 0.3) is 0 Å². The van der Waals surface area contributed by atoms with E-state index < -0.39 is 0 Å². The van der Waals surface area contributed by atoms with Crippen molar-refractivity contribution in [3.8, 4) is 0 Å². The highest BCUT2D eigenvalue weighted by Gasteiger charge is 2.06. The Hall–Kier alpha value is -1.48. The molecule has 0 spiro atoms. The van der Waals surface area contributed by atoms with E-state index in [1.54, 1.807) is 11.3 Å². The molecule has 0 aliphatic rings. The van der Waals surface area contributed by atoms with Gasteiger partial charge in [-0.15, -0.1) is 0 Å². The summed E-state index contributed by atoms with van der Waals surface area (Å²) in [5.74, 6) is 0. The van der Waals surface area contributed by atoms with Crippen LogP contribution in [0.5, 0.6) is 0 Å². The molecule has 0 amide bonds. The van der Waals surface area contributed by atoms with Crippen LogP contribution in [0, 0.1) is 6.92 Å². The number of nitrogens with two attached hydrogens (primary N) is 1. The Balaban J connectivity index is 2.00. The topological polar surface area (TPSA) is 38.0 Å². The van der Waals surface area contributed by atoms with E-state index >= 15 is 0 Å². The summed E-state index contributed by atoms with van der Waals surface area (Å²) >= 11 is 1.74. The van der Waals surface area contributed by atoms with Crippen molar-refractivity contribution in [2.75, 3.05) is 11.1 Å². The predicted octanol–water partition coefficient (Wildman–Crippen LogP) is 3.68. The van der Waals surface area contributed by atoms with Crippen LogP contribution in [-0.4, -0.2) is 6.04 Å². The highest BCUT2D eigenvalue weighted by Crippen LogP contribution is 2.21. The molecule has 3 heteroatoms. The van der Waals surface area contributed by atoms with Gasteiger partial charge in [0.2, 0.25) is 0 Å². The van der Waals surface area contributed by atoms with Gasteiger partial charge in [-0.05, 0) is 60.4 Å². The van der Waals surface area contributed by atoms with Gasteiger partial charge in [-0.25, -0.2) is 0 Å². The van der Waals surface area contributed by atoms with Gasteiger partial charge in [-0.2, -0.15) is 11.3 Å². The van der Waals surface area contributed by atoms with E-state index in [1.807, 2.05) is 6.07 Å². The molecule has 0 bridgehead atoms. The van der Waals surface area contributed by atoms with Crippen LogP contribution in [-0.2, 0) is 6.42 Å². The first kappa shape index (κ1) is 12.0. The van der Waals surface area contributed by atoms with Crippen LogP contribution < -0.4 is 11.1 Å². The molecule has 1 atom stereocenters. The summed E-state index contributed by atoms with van der Waals surface area (Å²) in [6.07, 6.45) is 1.02. The number of thiophene rings is 1. The van der Waals surface area contributed by atoms with Gasteiger partial charge in [-0.3, -0.25) is 0 Å². The van der Waals surface area contributed by atoms with Crippen molar-refractivity contribution in [1.29, 1.82) is 0 Å². The van der Waals surface area contributed by atoms with Crippen LogP contribution in [0.3, 0.4) is 0 Å². The van der Waals surface area contributed by atoms with Crippen molar-refractivity contribution in [2.45, 2.75) is 26.3 Å². The quantitative estimate of drug-likeness (QED) is 0.808. The number of aryl methyl sites for hydroxylation is 1. The molecule has 90 valence electrons. The number of benzene rings is 1. The first-order valence-corrected chi connectivity index (χ1v) is 6.73. The SMILES string of the molecule is Cc1ccc(NC(C)Cc2ccsc2)c(N)c1. The van der Waals surface area contributed by atoms with E-state index in [-0.39, 0.29) is 0 Å². The fourth-order valence-corrected chi connectivity index (χ4v) is 2.57. The molecule has 2 rings (SSSR count). The maximum Gasteiger partial charge on any atom is 0.0576 e. The van der Waals surface area contributed by atoms with Crippen LogP contribution in [0.2, 0.25) is 0 Å². The minimum absolute atomic E-state index is 0.384. The lowest BCUT2D eigenvalue weighted by molar-refractivity contribution is 0.793. The molecule has 0 radical (unpaired) electrons. The summed E-state index contributed by atoms with van der Waals surface area (Å²) in [4.78, 5) is 0. The van der Waals surface area contributed by atoms with Crippen molar-refractivity contribution in [3.05, 3.63) is 46.2 Å². The van der Waals surface area contributed by atoms with Crippen molar-refractivity contribution in [3.63, 3.8) is 0 Å². The lowest BCUT2D eigenvalue weighted by Gasteiger charge is -2.16. The zero-order chi connectivity index (χ0) is 12.3. The number of nitrogens with one attached hydrogen (secondary N) is 1. The molecule has 0 saturated heterocycles. The van der Waals surface area contributed by atoms with Crippen molar-refractivity contribution in [2.24, 2.45) is 0 Å².